The lowest BCUT2D eigenvalue weighted by molar-refractivity contribution is 1.18. The quantitative estimate of drug-likeness (QED) is 0.449. The van der Waals surface area contributed by atoms with Crippen molar-refractivity contribution in [3.8, 4) is 0 Å². The van der Waals surface area contributed by atoms with Crippen molar-refractivity contribution in [2.45, 2.75) is 20.3 Å². The SMILES string of the molecule is CC/C=C(N)\C=C(/C)S. The van der Waals surface area contributed by atoms with Crippen LogP contribution >= 0.6 is 12.6 Å². The van der Waals surface area contributed by atoms with Crippen LogP contribution in [0.3, 0.4) is 0 Å². The molecular weight excluding hydrogens is 130 g/mol. The van der Waals surface area contributed by atoms with Gasteiger partial charge in [-0.25, -0.2) is 0 Å². The fourth-order valence-electron chi connectivity index (χ4n) is 0.536. The van der Waals surface area contributed by atoms with Crippen LogP contribution in [0.5, 0.6) is 0 Å². The second kappa shape index (κ2) is 4.50. The fraction of sp³-hybridized carbons (Fsp3) is 0.429. The number of nitrogens with two attached hydrogens (primary N) is 1. The molecule has 2 heteroatoms. The Morgan fingerprint density at radius 2 is 2.22 bits per heavy atom. The number of hydrogen-bond acceptors (Lipinski definition) is 2. The molecule has 0 aliphatic rings. The molecule has 0 spiro atoms. The zero-order valence-corrected chi connectivity index (χ0v) is 6.78. The second-order valence-electron chi connectivity index (χ2n) is 1.90. The predicted octanol–water partition coefficient (Wildman–Crippen LogP) is 2.07. The molecule has 0 saturated carbocycles. The van der Waals surface area contributed by atoms with Crippen LogP contribution in [-0.4, -0.2) is 0 Å². The van der Waals surface area contributed by atoms with Crippen LogP contribution in [0.25, 0.3) is 0 Å². The summed E-state index contributed by atoms with van der Waals surface area (Å²) in [7, 11) is 0. The van der Waals surface area contributed by atoms with Crippen molar-refractivity contribution in [1.29, 1.82) is 0 Å². The van der Waals surface area contributed by atoms with Gasteiger partial charge in [0.2, 0.25) is 0 Å². The third-order valence-corrected chi connectivity index (χ3v) is 0.944. The lowest BCUT2D eigenvalue weighted by Gasteiger charge is -1.90. The van der Waals surface area contributed by atoms with E-state index in [4.69, 9.17) is 5.73 Å². The van der Waals surface area contributed by atoms with Crippen molar-refractivity contribution >= 4 is 12.6 Å². The summed E-state index contributed by atoms with van der Waals surface area (Å²) in [5.41, 5.74) is 6.32. The standard InChI is InChI=1S/C7H13NS/c1-3-4-7(8)5-6(2)9/h4-5,9H,3,8H2,1-2H3/b6-5+,7-4+. The van der Waals surface area contributed by atoms with Gasteiger partial charge in [-0.2, -0.15) is 0 Å². The molecule has 0 rings (SSSR count). The van der Waals surface area contributed by atoms with E-state index in [-0.39, 0.29) is 0 Å². The summed E-state index contributed by atoms with van der Waals surface area (Å²) in [6.45, 7) is 3.95. The molecule has 9 heavy (non-hydrogen) atoms. The van der Waals surface area contributed by atoms with E-state index in [1.807, 2.05) is 19.1 Å². The van der Waals surface area contributed by atoms with Crippen LogP contribution in [0.15, 0.2) is 22.8 Å². The summed E-state index contributed by atoms with van der Waals surface area (Å²) in [5.74, 6) is 0. The molecule has 0 aromatic heterocycles. The van der Waals surface area contributed by atoms with Crippen LogP contribution in [0.4, 0.5) is 0 Å². The molecule has 0 heterocycles. The lowest BCUT2D eigenvalue weighted by atomic mass is 10.3. The van der Waals surface area contributed by atoms with Crippen molar-refractivity contribution < 1.29 is 0 Å². The number of rotatable bonds is 2. The van der Waals surface area contributed by atoms with Gasteiger partial charge in [0.1, 0.15) is 0 Å². The Balaban J connectivity index is 3.90. The molecule has 0 aliphatic heterocycles. The van der Waals surface area contributed by atoms with E-state index >= 15 is 0 Å². The fourth-order valence-corrected chi connectivity index (χ4v) is 0.685. The van der Waals surface area contributed by atoms with Crippen LogP contribution in [0, 0.1) is 0 Å². The smallest absolute Gasteiger partial charge is 0.0281 e. The largest absolute Gasteiger partial charge is 0.399 e. The summed E-state index contributed by atoms with van der Waals surface area (Å²) in [6.07, 6.45) is 4.77. The highest BCUT2D eigenvalue weighted by Crippen LogP contribution is 2.00. The maximum Gasteiger partial charge on any atom is 0.0281 e. The molecule has 0 atom stereocenters. The Labute approximate surface area is 62.0 Å². The van der Waals surface area contributed by atoms with Crippen LogP contribution in [-0.2, 0) is 0 Å². The van der Waals surface area contributed by atoms with E-state index in [0.29, 0.717) is 0 Å². The van der Waals surface area contributed by atoms with Gasteiger partial charge in [0, 0.05) is 5.70 Å². The van der Waals surface area contributed by atoms with Crippen LogP contribution in [0.2, 0.25) is 0 Å². The third kappa shape index (κ3) is 5.50. The number of allylic oxidation sites excluding steroid dienone is 3. The molecule has 0 aliphatic carbocycles. The Morgan fingerprint density at radius 1 is 1.67 bits per heavy atom. The van der Waals surface area contributed by atoms with E-state index in [9.17, 15) is 0 Å². The molecule has 2 N–H and O–H groups in total. The molecule has 0 bridgehead atoms. The van der Waals surface area contributed by atoms with E-state index in [1.165, 1.54) is 0 Å². The lowest BCUT2D eigenvalue weighted by Crippen LogP contribution is -1.91. The highest BCUT2D eigenvalue weighted by molar-refractivity contribution is 7.84. The normalized spacial score (nSPS) is 14.1. The number of hydrogen-bond donors (Lipinski definition) is 2. The zero-order valence-electron chi connectivity index (χ0n) is 5.89. The molecular formula is C7H13NS. The topological polar surface area (TPSA) is 26.0 Å². The first-order chi connectivity index (χ1) is 4.16. The summed E-state index contributed by atoms with van der Waals surface area (Å²) < 4.78 is 0. The molecule has 0 amide bonds. The third-order valence-electron chi connectivity index (χ3n) is 0.815. The highest BCUT2D eigenvalue weighted by atomic mass is 32.1. The van der Waals surface area contributed by atoms with E-state index < -0.39 is 0 Å². The molecule has 52 valence electrons. The Bertz CT molecular complexity index is 132. The van der Waals surface area contributed by atoms with Crippen molar-refractivity contribution in [3.05, 3.63) is 22.8 Å². The van der Waals surface area contributed by atoms with Crippen molar-refractivity contribution in [1.82, 2.24) is 0 Å². The minimum absolute atomic E-state index is 0.796. The molecule has 0 radical (unpaired) electrons. The van der Waals surface area contributed by atoms with Gasteiger partial charge in [-0.15, -0.1) is 12.6 Å². The summed E-state index contributed by atoms with van der Waals surface area (Å²) >= 11 is 4.07. The molecule has 0 aromatic rings. The molecule has 1 nitrogen and oxygen atoms in total. The average molecular weight is 143 g/mol. The van der Waals surface area contributed by atoms with Gasteiger partial charge in [-0.1, -0.05) is 13.0 Å². The zero-order chi connectivity index (χ0) is 7.28. The summed E-state index contributed by atoms with van der Waals surface area (Å²) in [4.78, 5) is 0.942. The monoisotopic (exact) mass is 143 g/mol. The first kappa shape index (κ1) is 8.63. The van der Waals surface area contributed by atoms with Gasteiger partial charge in [0.05, 0.1) is 0 Å². The van der Waals surface area contributed by atoms with Crippen molar-refractivity contribution in [3.63, 3.8) is 0 Å². The minimum atomic E-state index is 0.796. The van der Waals surface area contributed by atoms with Crippen molar-refractivity contribution in [2.75, 3.05) is 0 Å². The van der Waals surface area contributed by atoms with Gasteiger partial charge < -0.3 is 5.73 Å². The van der Waals surface area contributed by atoms with E-state index in [1.54, 1.807) is 0 Å². The van der Waals surface area contributed by atoms with Gasteiger partial charge in [-0.3, -0.25) is 0 Å². The first-order valence-electron chi connectivity index (χ1n) is 2.99. The van der Waals surface area contributed by atoms with Gasteiger partial charge in [0.15, 0.2) is 0 Å². The van der Waals surface area contributed by atoms with Crippen molar-refractivity contribution in [2.24, 2.45) is 5.73 Å². The summed E-state index contributed by atoms with van der Waals surface area (Å²) in [6, 6.07) is 0. The van der Waals surface area contributed by atoms with Gasteiger partial charge >= 0.3 is 0 Å². The average Bonchev–Trinajstić information content (AvgIpc) is 1.63. The minimum Gasteiger partial charge on any atom is -0.399 e. The number of thiol groups is 1. The Morgan fingerprint density at radius 3 is 2.56 bits per heavy atom. The first-order valence-corrected chi connectivity index (χ1v) is 3.44. The molecule has 0 fully saturated rings. The van der Waals surface area contributed by atoms with E-state index in [0.717, 1.165) is 17.0 Å². The van der Waals surface area contributed by atoms with Crippen LogP contribution < -0.4 is 5.73 Å². The maximum absolute atomic E-state index is 5.52. The predicted molar refractivity (Wildman–Crippen MR) is 45.3 cm³/mol. The maximum atomic E-state index is 5.52. The van der Waals surface area contributed by atoms with Gasteiger partial charge in [-0.05, 0) is 24.3 Å². The molecule has 0 unspecified atom stereocenters. The van der Waals surface area contributed by atoms with E-state index in [2.05, 4.69) is 19.6 Å². The highest BCUT2D eigenvalue weighted by Gasteiger charge is 1.80. The Hall–Kier alpha value is -0.370. The second-order valence-corrected chi connectivity index (χ2v) is 2.60. The molecule has 0 saturated heterocycles. The van der Waals surface area contributed by atoms with Crippen LogP contribution in [0.1, 0.15) is 20.3 Å². The molecule has 0 aromatic carbocycles. The summed E-state index contributed by atoms with van der Waals surface area (Å²) in [5, 5.41) is 0. The van der Waals surface area contributed by atoms with Gasteiger partial charge in [0.25, 0.3) is 0 Å². The Kier molecular flexibility index (Phi) is 4.32.